The van der Waals surface area contributed by atoms with Crippen LogP contribution in [0.25, 0.3) is 0 Å². The van der Waals surface area contributed by atoms with E-state index in [0.29, 0.717) is 11.6 Å². The number of pyridine rings is 1. The lowest BCUT2D eigenvalue weighted by atomic mass is 10.1. The first-order chi connectivity index (χ1) is 13.9. The van der Waals surface area contributed by atoms with Crippen molar-refractivity contribution in [3.8, 4) is 5.88 Å². The van der Waals surface area contributed by atoms with E-state index in [1.807, 2.05) is 0 Å². The Kier molecular flexibility index (Phi) is 5.91. The molecule has 152 valence electrons. The summed E-state index contributed by atoms with van der Waals surface area (Å²) < 4.78 is 24.6. The van der Waals surface area contributed by atoms with E-state index in [0.717, 1.165) is 6.07 Å². The van der Waals surface area contributed by atoms with Gasteiger partial charge in [0.05, 0.1) is 43.3 Å². The Bertz CT molecular complexity index is 935. The molecular formula is C19H19FN4O5. The molecule has 1 aromatic carbocycles. The van der Waals surface area contributed by atoms with Crippen molar-refractivity contribution in [1.29, 1.82) is 0 Å². The predicted octanol–water partition coefficient (Wildman–Crippen LogP) is 1.94. The van der Waals surface area contributed by atoms with Crippen molar-refractivity contribution >= 4 is 29.3 Å². The second kappa shape index (κ2) is 8.55. The van der Waals surface area contributed by atoms with Gasteiger partial charge in [-0.05, 0) is 24.3 Å². The average molecular weight is 402 g/mol. The van der Waals surface area contributed by atoms with E-state index in [4.69, 9.17) is 9.47 Å². The summed E-state index contributed by atoms with van der Waals surface area (Å²) in [5.41, 5.74) is 0.440. The molecule has 2 N–H and O–H groups in total. The van der Waals surface area contributed by atoms with Crippen LogP contribution in [0.15, 0.2) is 36.5 Å². The molecule has 1 aromatic heterocycles. The van der Waals surface area contributed by atoms with E-state index in [-0.39, 0.29) is 30.2 Å². The molecule has 2 heterocycles. The molecule has 1 saturated heterocycles. The van der Waals surface area contributed by atoms with Crippen LogP contribution in [-0.2, 0) is 9.53 Å². The average Bonchev–Trinajstić information content (AvgIpc) is 3.07. The molecule has 0 unspecified atom stereocenters. The van der Waals surface area contributed by atoms with Gasteiger partial charge in [0, 0.05) is 13.0 Å². The van der Waals surface area contributed by atoms with Gasteiger partial charge in [-0.2, -0.15) is 0 Å². The Morgan fingerprint density at radius 2 is 2.14 bits per heavy atom. The van der Waals surface area contributed by atoms with Gasteiger partial charge < -0.3 is 20.1 Å². The number of methoxy groups -OCH3 is 1. The van der Waals surface area contributed by atoms with E-state index in [1.54, 1.807) is 12.1 Å². The minimum atomic E-state index is -0.792. The van der Waals surface area contributed by atoms with E-state index in [9.17, 15) is 18.8 Å². The first-order valence-corrected chi connectivity index (χ1v) is 8.71. The number of nitrogens with zero attached hydrogens (tertiary/aromatic N) is 2. The number of nitrogens with one attached hydrogen (secondary N) is 2. The zero-order valence-corrected chi connectivity index (χ0v) is 15.8. The summed E-state index contributed by atoms with van der Waals surface area (Å²) in [6, 6.07) is 6.96. The van der Waals surface area contributed by atoms with Gasteiger partial charge in [-0.3, -0.25) is 14.5 Å². The van der Waals surface area contributed by atoms with Crippen LogP contribution in [0.5, 0.6) is 5.88 Å². The number of carbonyl (C=O) groups excluding carboxylic acids is 3. The highest BCUT2D eigenvalue weighted by molar-refractivity contribution is 6.04. The van der Waals surface area contributed by atoms with E-state index in [2.05, 4.69) is 15.6 Å². The second-order valence-corrected chi connectivity index (χ2v) is 6.26. The lowest BCUT2D eigenvalue weighted by molar-refractivity contribution is -0.119. The van der Waals surface area contributed by atoms with Crippen molar-refractivity contribution in [3.63, 3.8) is 0 Å². The van der Waals surface area contributed by atoms with Crippen LogP contribution in [0.4, 0.5) is 20.6 Å². The van der Waals surface area contributed by atoms with Gasteiger partial charge in [-0.25, -0.2) is 14.2 Å². The Morgan fingerprint density at radius 3 is 2.76 bits per heavy atom. The van der Waals surface area contributed by atoms with Crippen molar-refractivity contribution in [1.82, 2.24) is 10.3 Å². The molecule has 1 atom stereocenters. The predicted molar refractivity (Wildman–Crippen MR) is 101 cm³/mol. The normalized spacial score (nSPS) is 15.6. The van der Waals surface area contributed by atoms with Crippen LogP contribution in [0.3, 0.4) is 0 Å². The Labute approximate surface area is 165 Å². The molecule has 1 aliphatic heterocycles. The SMILES string of the molecule is COc1ccc(NC(=O)c2ccc(N3C[C@H](CNC(C)=O)OC3=O)cc2F)cn1. The molecule has 9 nitrogen and oxygen atoms in total. The number of ether oxygens (including phenoxy) is 2. The highest BCUT2D eigenvalue weighted by Gasteiger charge is 2.33. The summed E-state index contributed by atoms with van der Waals surface area (Å²) in [4.78, 5) is 40.5. The fraction of sp³-hybridized carbons (Fsp3) is 0.263. The van der Waals surface area contributed by atoms with Gasteiger partial charge in [0.15, 0.2) is 0 Å². The van der Waals surface area contributed by atoms with Crippen LogP contribution < -0.4 is 20.3 Å². The zero-order chi connectivity index (χ0) is 21.0. The summed E-state index contributed by atoms with van der Waals surface area (Å²) >= 11 is 0. The molecular weight excluding hydrogens is 383 g/mol. The molecule has 0 aliphatic carbocycles. The molecule has 0 spiro atoms. The molecule has 0 bridgehead atoms. The van der Waals surface area contributed by atoms with Crippen LogP contribution in [0.2, 0.25) is 0 Å². The molecule has 0 saturated carbocycles. The first-order valence-electron chi connectivity index (χ1n) is 8.71. The quantitative estimate of drug-likeness (QED) is 0.764. The highest BCUT2D eigenvalue weighted by Crippen LogP contribution is 2.24. The zero-order valence-electron chi connectivity index (χ0n) is 15.8. The summed E-state index contributed by atoms with van der Waals surface area (Å²) in [5, 5.41) is 5.10. The maximum Gasteiger partial charge on any atom is 0.414 e. The Hall–Kier alpha value is -3.69. The van der Waals surface area contributed by atoms with Crippen molar-refractivity contribution in [2.45, 2.75) is 13.0 Å². The molecule has 2 aromatic rings. The Morgan fingerprint density at radius 1 is 1.34 bits per heavy atom. The highest BCUT2D eigenvalue weighted by atomic mass is 19.1. The van der Waals surface area contributed by atoms with Gasteiger partial charge >= 0.3 is 6.09 Å². The number of hydrogen-bond acceptors (Lipinski definition) is 6. The molecule has 3 rings (SSSR count). The third kappa shape index (κ3) is 4.78. The number of benzene rings is 1. The standard InChI is InChI=1S/C19H19FN4O5/c1-11(25)21-9-14-10-24(19(27)29-14)13-4-5-15(16(20)7-13)18(26)23-12-3-6-17(28-2)22-8-12/h3-8,14H,9-10H2,1-2H3,(H,21,25)(H,23,26)/t14-/m0/s1. The maximum absolute atomic E-state index is 14.5. The lowest BCUT2D eigenvalue weighted by Gasteiger charge is -2.14. The van der Waals surface area contributed by atoms with Crippen molar-refractivity contribution < 1.29 is 28.2 Å². The van der Waals surface area contributed by atoms with Crippen molar-refractivity contribution in [3.05, 3.63) is 47.9 Å². The van der Waals surface area contributed by atoms with E-state index >= 15 is 0 Å². The first kappa shape index (κ1) is 20.1. The van der Waals surface area contributed by atoms with E-state index < -0.39 is 23.9 Å². The monoisotopic (exact) mass is 402 g/mol. The molecule has 1 aliphatic rings. The molecule has 0 radical (unpaired) electrons. The summed E-state index contributed by atoms with van der Waals surface area (Å²) in [7, 11) is 1.47. The van der Waals surface area contributed by atoms with Crippen LogP contribution >= 0.6 is 0 Å². The van der Waals surface area contributed by atoms with Crippen LogP contribution in [0, 0.1) is 5.82 Å². The number of halogens is 1. The largest absolute Gasteiger partial charge is 0.481 e. The number of amides is 3. The maximum atomic E-state index is 14.5. The fourth-order valence-electron chi connectivity index (χ4n) is 2.73. The summed E-state index contributed by atoms with van der Waals surface area (Å²) in [6.45, 7) is 1.67. The second-order valence-electron chi connectivity index (χ2n) is 6.26. The number of hydrogen-bond donors (Lipinski definition) is 2. The van der Waals surface area contributed by atoms with Gasteiger partial charge in [-0.15, -0.1) is 0 Å². The number of cyclic esters (lactones) is 1. The number of rotatable bonds is 6. The smallest absolute Gasteiger partial charge is 0.414 e. The van der Waals surface area contributed by atoms with Crippen molar-refractivity contribution in [2.75, 3.05) is 30.4 Å². The Balaban J connectivity index is 1.68. The number of aromatic nitrogens is 1. The lowest BCUT2D eigenvalue weighted by Crippen LogP contribution is -2.33. The summed E-state index contributed by atoms with van der Waals surface area (Å²) in [5.74, 6) is -1.31. The molecule has 10 heteroatoms. The number of anilines is 2. The summed E-state index contributed by atoms with van der Waals surface area (Å²) in [6.07, 6.45) is 0.194. The van der Waals surface area contributed by atoms with Crippen molar-refractivity contribution in [2.24, 2.45) is 0 Å². The minimum absolute atomic E-state index is 0.154. The molecule has 1 fully saturated rings. The van der Waals surface area contributed by atoms with E-state index in [1.165, 1.54) is 37.3 Å². The topological polar surface area (TPSA) is 110 Å². The third-order valence-electron chi connectivity index (χ3n) is 4.17. The van der Waals surface area contributed by atoms with Gasteiger partial charge in [-0.1, -0.05) is 0 Å². The van der Waals surface area contributed by atoms with Gasteiger partial charge in [0.1, 0.15) is 11.9 Å². The van der Waals surface area contributed by atoms with Gasteiger partial charge in [0.2, 0.25) is 11.8 Å². The third-order valence-corrected chi connectivity index (χ3v) is 4.17. The minimum Gasteiger partial charge on any atom is -0.481 e. The molecule has 3 amide bonds. The fourth-order valence-corrected chi connectivity index (χ4v) is 2.73. The number of carbonyl (C=O) groups is 3. The van der Waals surface area contributed by atoms with Gasteiger partial charge in [0.25, 0.3) is 5.91 Å². The van der Waals surface area contributed by atoms with Crippen LogP contribution in [0.1, 0.15) is 17.3 Å². The van der Waals surface area contributed by atoms with Crippen LogP contribution in [-0.4, -0.2) is 49.2 Å². The molecule has 29 heavy (non-hydrogen) atoms.